The van der Waals surface area contributed by atoms with E-state index in [2.05, 4.69) is 10.3 Å². The van der Waals surface area contributed by atoms with Crippen LogP contribution in [-0.2, 0) is 17.8 Å². The molecule has 0 radical (unpaired) electrons. The Morgan fingerprint density at radius 2 is 1.84 bits per heavy atom. The third-order valence-electron chi connectivity index (χ3n) is 5.05. The van der Waals surface area contributed by atoms with Gasteiger partial charge in [0, 0.05) is 30.1 Å². The first-order chi connectivity index (χ1) is 15.6. The van der Waals surface area contributed by atoms with Gasteiger partial charge in [-0.1, -0.05) is 12.1 Å². The lowest BCUT2D eigenvalue weighted by molar-refractivity contribution is -0.120. The minimum absolute atomic E-state index is 0.123. The smallest absolute Gasteiger partial charge is 0.224 e. The molecule has 2 heterocycles. The Kier molecular flexibility index (Phi) is 6.55. The molecule has 7 heteroatoms. The number of nitrogens with one attached hydrogen (secondary N) is 1. The largest absolute Gasteiger partial charge is 0.497 e. The van der Waals surface area contributed by atoms with E-state index in [4.69, 9.17) is 9.84 Å². The van der Waals surface area contributed by atoms with Crippen molar-refractivity contribution in [2.24, 2.45) is 0 Å². The summed E-state index contributed by atoms with van der Waals surface area (Å²) in [7, 11) is 1.63. The zero-order valence-corrected chi connectivity index (χ0v) is 17.7. The van der Waals surface area contributed by atoms with E-state index in [0.717, 1.165) is 33.8 Å². The van der Waals surface area contributed by atoms with Gasteiger partial charge in [0.25, 0.3) is 0 Å². The molecular formula is C25H23FN4O2. The number of nitrogens with zero attached hydrogens (tertiary/aromatic N) is 3. The Morgan fingerprint density at radius 3 is 2.53 bits per heavy atom. The molecule has 0 saturated heterocycles. The highest BCUT2D eigenvalue weighted by molar-refractivity contribution is 5.78. The van der Waals surface area contributed by atoms with E-state index in [1.54, 1.807) is 31.6 Å². The summed E-state index contributed by atoms with van der Waals surface area (Å²) < 4.78 is 20.1. The molecule has 6 nitrogen and oxygen atoms in total. The van der Waals surface area contributed by atoms with Gasteiger partial charge < -0.3 is 10.1 Å². The molecule has 4 aromatic rings. The number of carbonyl (C=O) groups excluding carboxylic acids is 1. The fraction of sp³-hybridized carbons (Fsp3) is 0.160. The number of pyridine rings is 1. The second kappa shape index (κ2) is 9.87. The quantitative estimate of drug-likeness (QED) is 0.457. The molecule has 0 fully saturated rings. The van der Waals surface area contributed by atoms with Gasteiger partial charge in [0.05, 0.1) is 31.5 Å². The fourth-order valence-corrected chi connectivity index (χ4v) is 3.39. The van der Waals surface area contributed by atoms with E-state index < -0.39 is 0 Å². The first-order valence-electron chi connectivity index (χ1n) is 10.3. The molecule has 0 atom stereocenters. The Labute approximate surface area is 185 Å². The lowest BCUT2D eigenvalue weighted by Gasteiger charge is -2.09. The Bertz CT molecular complexity index is 1170. The lowest BCUT2D eigenvalue weighted by atomic mass is 10.1. The number of carbonyl (C=O) groups is 1. The number of amides is 1. The van der Waals surface area contributed by atoms with E-state index in [1.807, 2.05) is 47.1 Å². The average molecular weight is 430 g/mol. The topological polar surface area (TPSA) is 69.0 Å². The fourth-order valence-electron chi connectivity index (χ4n) is 3.39. The SMILES string of the molecule is COc1ccc(-c2cc(-c3cccnc3)n(CCNC(=O)Cc3ccc(F)cc3)n2)cc1. The van der Waals surface area contributed by atoms with Crippen LogP contribution in [0.3, 0.4) is 0 Å². The van der Waals surface area contributed by atoms with Crippen molar-refractivity contribution in [3.05, 3.63) is 90.5 Å². The van der Waals surface area contributed by atoms with Crippen molar-refractivity contribution in [1.29, 1.82) is 0 Å². The van der Waals surface area contributed by atoms with Crippen LogP contribution in [0, 0.1) is 5.82 Å². The second-order valence-corrected chi connectivity index (χ2v) is 7.26. The van der Waals surface area contributed by atoms with Crippen molar-refractivity contribution in [1.82, 2.24) is 20.1 Å². The van der Waals surface area contributed by atoms with Crippen LogP contribution in [-0.4, -0.2) is 34.3 Å². The molecule has 1 amide bonds. The van der Waals surface area contributed by atoms with Gasteiger partial charge >= 0.3 is 0 Å². The molecule has 0 aliphatic carbocycles. The summed E-state index contributed by atoms with van der Waals surface area (Å²) in [6.45, 7) is 0.909. The Hall–Kier alpha value is -4.00. The number of methoxy groups -OCH3 is 1. The molecular weight excluding hydrogens is 407 g/mol. The maximum absolute atomic E-state index is 13.0. The summed E-state index contributed by atoms with van der Waals surface area (Å²) >= 11 is 0. The summed E-state index contributed by atoms with van der Waals surface area (Å²) in [5.74, 6) is 0.343. The summed E-state index contributed by atoms with van der Waals surface area (Å²) in [6, 6.07) is 19.5. The first kappa shape index (κ1) is 21.2. The predicted molar refractivity (Wildman–Crippen MR) is 121 cm³/mol. The van der Waals surface area contributed by atoms with E-state index >= 15 is 0 Å². The van der Waals surface area contributed by atoms with Crippen molar-refractivity contribution < 1.29 is 13.9 Å². The van der Waals surface area contributed by atoms with Crippen molar-refractivity contribution in [2.45, 2.75) is 13.0 Å². The highest BCUT2D eigenvalue weighted by Crippen LogP contribution is 2.27. The van der Waals surface area contributed by atoms with Gasteiger partial charge in [0.15, 0.2) is 0 Å². The molecule has 32 heavy (non-hydrogen) atoms. The van der Waals surface area contributed by atoms with E-state index in [9.17, 15) is 9.18 Å². The lowest BCUT2D eigenvalue weighted by Crippen LogP contribution is -2.29. The molecule has 0 aliphatic heterocycles. The highest BCUT2D eigenvalue weighted by Gasteiger charge is 2.12. The predicted octanol–water partition coefficient (Wildman–Crippen LogP) is 4.12. The van der Waals surface area contributed by atoms with Crippen LogP contribution in [0.5, 0.6) is 5.75 Å². The molecule has 0 aliphatic rings. The summed E-state index contributed by atoms with van der Waals surface area (Å²) in [4.78, 5) is 16.5. The third-order valence-corrected chi connectivity index (χ3v) is 5.05. The number of halogens is 1. The van der Waals surface area contributed by atoms with Crippen LogP contribution in [0.2, 0.25) is 0 Å². The molecule has 0 saturated carbocycles. The number of hydrogen-bond donors (Lipinski definition) is 1. The van der Waals surface area contributed by atoms with E-state index in [1.165, 1.54) is 12.1 Å². The van der Waals surface area contributed by atoms with Gasteiger partial charge in [-0.05, 0) is 60.2 Å². The molecule has 0 spiro atoms. The standard InChI is InChI=1S/C25H23FN4O2/c1-32-22-10-6-19(7-11-22)23-16-24(20-3-2-12-27-17-20)30(29-23)14-13-28-25(31)15-18-4-8-21(26)9-5-18/h2-12,16-17H,13-15H2,1H3,(H,28,31). The normalized spacial score (nSPS) is 10.7. The van der Waals surface area contributed by atoms with Crippen LogP contribution in [0.25, 0.3) is 22.5 Å². The summed E-state index contributed by atoms with van der Waals surface area (Å²) in [5.41, 5.74) is 4.41. The molecule has 0 unspecified atom stereocenters. The van der Waals surface area contributed by atoms with Crippen LogP contribution in [0.15, 0.2) is 79.1 Å². The number of benzene rings is 2. The summed E-state index contributed by atoms with van der Waals surface area (Å²) in [6.07, 6.45) is 3.72. The highest BCUT2D eigenvalue weighted by atomic mass is 19.1. The minimum Gasteiger partial charge on any atom is -0.497 e. The number of hydrogen-bond acceptors (Lipinski definition) is 4. The monoisotopic (exact) mass is 430 g/mol. The molecule has 4 rings (SSSR count). The zero-order valence-electron chi connectivity index (χ0n) is 17.7. The van der Waals surface area contributed by atoms with Gasteiger partial charge in [-0.15, -0.1) is 0 Å². The van der Waals surface area contributed by atoms with Gasteiger partial charge in [0.1, 0.15) is 11.6 Å². The van der Waals surface area contributed by atoms with Crippen molar-refractivity contribution in [2.75, 3.05) is 13.7 Å². The van der Waals surface area contributed by atoms with Crippen molar-refractivity contribution in [3.8, 4) is 28.3 Å². The Morgan fingerprint density at radius 1 is 1.06 bits per heavy atom. The van der Waals surface area contributed by atoms with Crippen LogP contribution in [0.1, 0.15) is 5.56 Å². The maximum atomic E-state index is 13.0. The van der Waals surface area contributed by atoms with Crippen molar-refractivity contribution in [3.63, 3.8) is 0 Å². The summed E-state index contributed by atoms with van der Waals surface area (Å²) in [5, 5.41) is 7.67. The van der Waals surface area contributed by atoms with Crippen LogP contribution in [0.4, 0.5) is 4.39 Å². The van der Waals surface area contributed by atoms with E-state index in [-0.39, 0.29) is 18.1 Å². The average Bonchev–Trinajstić information content (AvgIpc) is 3.25. The molecule has 2 aromatic carbocycles. The van der Waals surface area contributed by atoms with Gasteiger partial charge in [0.2, 0.25) is 5.91 Å². The van der Waals surface area contributed by atoms with Crippen molar-refractivity contribution >= 4 is 5.91 Å². The van der Waals surface area contributed by atoms with Crippen LogP contribution < -0.4 is 10.1 Å². The van der Waals surface area contributed by atoms with Crippen LogP contribution >= 0.6 is 0 Å². The first-order valence-corrected chi connectivity index (χ1v) is 10.3. The Balaban J connectivity index is 1.48. The zero-order chi connectivity index (χ0) is 22.3. The number of rotatable bonds is 8. The number of aromatic nitrogens is 3. The van der Waals surface area contributed by atoms with Gasteiger partial charge in [-0.2, -0.15) is 5.10 Å². The maximum Gasteiger partial charge on any atom is 0.224 e. The van der Waals surface area contributed by atoms with Gasteiger partial charge in [-0.3, -0.25) is 14.5 Å². The molecule has 1 N–H and O–H groups in total. The third kappa shape index (κ3) is 5.18. The minimum atomic E-state index is -0.316. The number of ether oxygens (including phenoxy) is 1. The van der Waals surface area contributed by atoms with Gasteiger partial charge in [-0.25, -0.2) is 4.39 Å². The van der Waals surface area contributed by atoms with E-state index in [0.29, 0.717) is 13.1 Å². The molecule has 0 bridgehead atoms. The molecule has 2 aromatic heterocycles. The second-order valence-electron chi connectivity index (χ2n) is 7.26. The molecule has 162 valence electrons.